The summed E-state index contributed by atoms with van der Waals surface area (Å²) in [5, 5.41) is 0.582. The summed E-state index contributed by atoms with van der Waals surface area (Å²) in [5.41, 5.74) is 1.40. The van der Waals surface area contributed by atoms with Gasteiger partial charge in [-0.15, -0.1) is 0 Å². The quantitative estimate of drug-likeness (QED) is 0.463. The number of nitrogens with zero attached hydrogens (tertiary/aromatic N) is 4. The molecule has 1 aromatic carbocycles. The van der Waals surface area contributed by atoms with Crippen molar-refractivity contribution >= 4 is 10.9 Å². The van der Waals surface area contributed by atoms with Gasteiger partial charge < -0.3 is 0 Å². The van der Waals surface area contributed by atoms with E-state index in [0.29, 0.717) is 23.0 Å². The third-order valence-corrected chi connectivity index (χ3v) is 4.59. The number of benzene rings is 1. The molecule has 0 fully saturated rings. The third kappa shape index (κ3) is 3.08. The first-order valence-corrected chi connectivity index (χ1v) is 8.45. The highest BCUT2D eigenvalue weighted by Crippen LogP contribution is 2.29. The van der Waals surface area contributed by atoms with E-state index in [4.69, 9.17) is 0 Å². The molecule has 130 valence electrons. The van der Waals surface area contributed by atoms with Crippen LogP contribution in [-0.4, -0.2) is 19.5 Å². The third-order valence-electron chi connectivity index (χ3n) is 4.59. The normalized spacial score (nSPS) is 15.2. The van der Waals surface area contributed by atoms with Gasteiger partial charge in [-0.3, -0.25) is 9.36 Å². The molecule has 4 rings (SSSR count). The van der Waals surface area contributed by atoms with Gasteiger partial charge in [0.25, 0.3) is 5.56 Å². The van der Waals surface area contributed by atoms with E-state index in [-0.39, 0.29) is 16.8 Å². The maximum absolute atomic E-state index is 13.1. The number of hydrogen-bond donors (Lipinski definition) is 0. The van der Waals surface area contributed by atoms with Crippen molar-refractivity contribution in [1.82, 2.24) is 19.5 Å². The fraction of sp³-hybridized carbons (Fsp3) is 0.300. The first kappa shape index (κ1) is 16.4. The highest BCUT2D eigenvalue weighted by molar-refractivity contribution is 5.79. The van der Waals surface area contributed by atoms with Crippen LogP contribution in [0.5, 0.6) is 0 Å². The van der Waals surface area contributed by atoms with E-state index in [0.717, 1.165) is 18.7 Å². The van der Waals surface area contributed by atoms with Gasteiger partial charge in [0.15, 0.2) is 0 Å². The monoisotopic (exact) mass is 348 g/mol. The van der Waals surface area contributed by atoms with E-state index in [9.17, 15) is 9.18 Å². The van der Waals surface area contributed by atoms with E-state index >= 15 is 0 Å². The molecule has 2 aromatic heterocycles. The molecule has 0 radical (unpaired) electrons. The van der Waals surface area contributed by atoms with Gasteiger partial charge in [-0.25, -0.2) is 9.97 Å². The van der Waals surface area contributed by atoms with Crippen LogP contribution >= 0.6 is 0 Å². The standard InChI is InChI=1S/C20H17FN4O/c1-20(2)9-7-18-23-15-11-13(3-5-14(15)19(26)25(18)12-20)4-6-17-22-10-8-16(21)24-17/h3,5,8,10-11H,7,9,12H2,1-2H3. The number of halogens is 1. The minimum atomic E-state index is -0.618. The first-order valence-electron chi connectivity index (χ1n) is 8.45. The van der Waals surface area contributed by atoms with Gasteiger partial charge >= 0.3 is 0 Å². The van der Waals surface area contributed by atoms with Crippen molar-refractivity contribution in [2.24, 2.45) is 5.41 Å². The van der Waals surface area contributed by atoms with Crippen molar-refractivity contribution in [2.75, 3.05) is 0 Å². The molecule has 0 saturated heterocycles. The Morgan fingerprint density at radius 2 is 2.04 bits per heavy atom. The van der Waals surface area contributed by atoms with Crippen molar-refractivity contribution in [3.63, 3.8) is 0 Å². The van der Waals surface area contributed by atoms with Crippen LogP contribution in [0, 0.1) is 23.2 Å². The second kappa shape index (κ2) is 6.03. The molecule has 3 heterocycles. The van der Waals surface area contributed by atoms with Crippen LogP contribution in [0.4, 0.5) is 4.39 Å². The number of fused-ring (bicyclic) bond motifs is 2. The Labute approximate surface area is 149 Å². The van der Waals surface area contributed by atoms with Crippen molar-refractivity contribution in [3.05, 3.63) is 64.0 Å². The van der Waals surface area contributed by atoms with Gasteiger partial charge in [-0.05, 0) is 36.0 Å². The topological polar surface area (TPSA) is 60.7 Å². The van der Waals surface area contributed by atoms with Crippen molar-refractivity contribution in [2.45, 2.75) is 33.2 Å². The van der Waals surface area contributed by atoms with Gasteiger partial charge in [-0.1, -0.05) is 19.8 Å². The number of rotatable bonds is 0. The minimum absolute atomic E-state index is 0.00857. The molecule has 1 aliphatic rings. The predicted molar refractivity (Wildman–Crippen MR) is 96.1 cm³/mol. The zero-order chi connectivity index (χ0) is 18.3. The van der Waals surface area contributed by atoms with E-state index in [1.807, 2.05) is 0 Å². The summed E-state index contributed by atoms with van der Waals surface area (Å²) in [5.74, 6) is 5.95. The molecule has 0 unspecified atom stereocenters. The van der Waals surface area contributed by atoms with Gasteiger partial charge in [0, 0.05) is 30.8 Å². The largest absolute Gasteiger partial charge is 0.296 e. The molecule has 0 N–H and O–H groups in total. The lowest BCUT2D eigenvalue weighted by atomic mass is 9.85. The lowest BCUT2D eigenvalue weighted by molar-refractivity contribution is 0.240. The van der Waals surface area contributed by atoms with Gasteiger partial charge in [-0.2, -0.15) is 9.37 Å². The number of hydrogen-bond acceptors (Lipinski definition) is 4. The maximum atomic E-state index is 13.1. The minimum Gasteiger partial charge on any atom is -0.296 e. The molecule has 1 aliphatic heterocycles. The van der Waals surface area contributed by atoms with Crippen LogP contribution in [0.1, 0.15) is 37.5 Å². The number of aromatic nitrogens is 4. The van der Waals surface area contributed by atoms with Crippen LogP contribution in [0.25, 0.3) is 10.9 Å². The molecular formula is C20H17FN4O. The molecular weight excluding hydrogens is 331 g/mol. The zero-order valence-electron chi connectivity index (χ0n) is 14.6. The van der Waals surface area contributed by atoms with Crippen molar-refractivity contribution in [3.8, 4) is 11.8 Å². The Balaban J connectivity index is 1.76. The van der Waals surface area contributed by atoms with Crippen LogP contribution in [-0.2, 0) is 13.0 Å². The molecule has 0 spiro atoms. The summed E-state index contributed by atoms with van der Waals surface area (Å²) in [6.07, 6.45) is 3.11. The summed E-state index contributed by atoms with van der Waals surface area (Å²) in [6.45, 7) is 5.02. The smallest absolute Gasteiger partial charge is 0.261 e. The SMILES string of the molecule is CC1(C)CCc2nc3cc(C#Cc4nccc(F)n4)ccc3c(=O)n2C1. The van der Waals surface area contributed by atoms with Crippen LogP contribution in [0.3, 0.4) is 0 Å². The lowest BCUT2D eigenvalue weighted by Gasteiger charge is -2.31. The molecule has 0 amide bonds. The van der Waals surface area contributed by atoms with E-state index in [1.54, 1.807) is 22.8 Å². The second-order valence-electron chi connectivity index (χ2n) is 7.27. The fourth-order valence-corrected chi connectivity index (χ4v) is 3.18. The predicted octanol–water partition coefficient (Wildman–Crippen LogP) is 2.70. The summed E-state index contributed by atoms with van der Waals surface area (Å²) in [6, 6.07) is 6.46. The average molecular weight is 348 g/mol. The highest BCUT2D eigenvalue weighted by atomic mass is 19.1. The second-order valence-corrected chi connectivity index (χ2v) is 7.27. The molecule has 0 atom stereocenters. The molecule has 0 saturated carbocycles. The first-order chi connectivity index (χ1) is 12.4. The van der Waals surface area contributed by atoms with Crippen LogP contribution < -0.4 is 5.56 Å². The summed E-state index contributed by atoms with van der Waals surface area (Å²) in [7, 11) is 0. The van der Waals surface area contributed by atoms with E-state index in [2.05, 4.69) is 40.6 Å². The molecule has 6 heteroatoms. The fourth-order valence-electron chi connectivity index (χ4n) is 3.18. The summed E-state index contributed by atoms with van der Waals surface area (Å²) < 4.78 is 14.9. The van der Waals surface area contributed by atoms with Gasteiger partial charge in [0.2, 0.25) is 11.8 Å². The van der Waals surface area contributed by atoms with Crippen molar-refractivity contribution in [1.29, 1.82) is 0 Å². The molecule has 0 bridgehead atoms. The molecule has 0 aliphatic carbocycles. The lowest BCUT2D eigenvalue weighted by Crippen LogP contribution is -2.36. The molecule has 5 nitrogen and oxygen atoms in total. The Hall–Kier alpha value is -3.07. The maximum Gasteiger partial charge on any atom is 0.261 e. The number of aryl methyl sites for hydroxylation is 1. The Bertz CT molecular complexity index is 1140. The van der Waals surface area contributed by atoms with Gasteiger partial charge in [0.1, 0.15) is 5.82 Å². The van der Waals surface area contributed by atoms with Crippen LogP contribution in [0.2, 0.25) is 0 Å². The van der Waals surface area contributed by atoms with E-state index in [1.165, 1.54) is 12.3 Å². The highest BCUT2D eigenvalue weighted by Gasteiger charge is 2.27. The Morgan fingerprint density at radius 1 is 1.19 bits per heavy atom. The van der Waals surface area contributed by atoms with Gasteiger partial charge in [0.05, 0.1) is 10.9 Å². The van der Waals surface area contributed by atoms with Crippen LogP contribution in [0.15, 0.2) is 35.3 Å². The Kier molecular flexibility index (Phi) is 3.80. The molecule has 26 heavy (non-hydrogen) atoms. The summed E-state index contributed by atoms with van der Waals surface area (Å²) >= 11 is 0. The zero-order valence-corrected chi connectivity index (χ0v) is 14.6. The Morgan fingerprint density at radius 3 is 2.85 bits per heavy atom. The summed E-state index contributed by atoms with van der Waals surface area (Å²) in [4.78, 5) is 25.0. The van der Waals surface area contributed by atoms with E-state index < -0.39 is 5.95 Å². The van der Waals surface area contributed by atoms with Crippen molar-refractivity contribution < 1.29 is 4.39 Å². The average Bonchev–Trinajstić information content (AvgIpc) is 2.60. The molecule has 3 aromatic rings.